The van der Waals surface area contributed by atoms with Crippen LogP contribution in [0.25, 0.3) is 0 Å². The normalized spacial score (nSPS) is 10.9. The second kappa shape index (κ2) is 10.3. The molecular weight excluding hydrogens is 524 g/mol. The molecular formula is C25H24Br2O4. The maximum Gasteiger partial charge on any atom is 0.307 e. The zero-order valence-electron chi connectivity index (χ0n) is 17.6. The van der Waals surface area contributed by atoms with Gasteiger partial charge in [0.15, 0.2) is 5.75 Å². The summed E-state index contributed by atoms with van der Waals surface area (Å²) >= 11 is 7.08. The summed E-state index contributed by atoms with van der Waals surface area (Å²) in [6.45, 7) is 4.23. The Morgan fingerprint density at radius 3 is 2.16 bits per heavy atom. The largest absolute Gasteiger partial charge is 0.496 e. The van der Waals surface area contributed by atoms with Crippen LogP contribution in [0.1, 0.15) is 42.0 Å². The van der Waals surface area contributed by atoms with Crippen molar-refractivity contribution >= 4 is 37.8 Å². The van der Waals surface area contributed by atoms with E-state index in [4.69, 9.17) is 14.6 Å². The van der Waals surface area contributed by atoms with E-state index in [1.165, 1.54) is 5.56 Å². The standard InChI is InChI=1S/C25H24Br2O4/c1-15(2)19-14-22(18(13-23(19)30-3)9-16-7-5-4-6-8-16)31-25-20(26)10-17(11-21(25)27)12-24(28)29/h4-8,10-11,13-15H,9,12H2,1-3H3,(H,28,29). The maximum atomic E-state index is 11.1. The molecule has 4 nitrogen and oxygen atoms in total. The minimum Gasteiger partial charge on any atom is -0.496 e. The average molecular weight is 548 g/mol. The number of hydrogen-bond acceptors (Lipinski definition) is 3. The summed E-state index contributed by atoms with van der Waals surface area (Å²) in [5.74, 6) is 1.55. The third kappa shape index (κ3) is 5.89. The molecule has 162 valence electrons. The number of methoxy groups -OCH3 is 1. The summed E-state index contributed by atoms with van der Waals surface area (Å²) in [5, 5.41) is 9.09. The summed E-state index contributed by atoms with van der Waals surface area (Å²) in [6, 6.07) is 17.8. The van der Waals surface area contributed by atoms with Gasteiger partial charge < -0.3 is 14.6 Å². The van der Waals surface area contributed by atoms with Crippen LogP contribution in [0.15, 0.2) is 63.5 Å². The monoisotopic (exact) mass is 546 g/mol. The molecule has 0 aliphatic heterocycles. The van der Waals surface area contributed by atoms with E-state index in [2.05, 4.69) is 57.8 Å². The Morgan fingerprint density at radius 2 is 1.61 bits per heavy atom. The van der Waals surface area contributed by atoms with E-state index < -0.39 is 5.97 Å². The van der Waals surface area contributed by atoms with E-state index in [-0.39, 0.29) is 12.3 Å². The molecule has 0 heterocycles. The Morgan fingerprint density at radius 1 is 0.968 bits per heavy atom. The summed E-state index contributed by atoms with van der Waals surface area (Å²) in [7, 11) is 1.68. The van der Waals surface area contributed by atoms with Crippen LogP contribution in [0.4, 0.5) is 0 Å². The Bertz CT molecular complexity index is 1060. The van der Waals surface area contributed by atoms with Crippen LogP contribution in [0.2, 0.25) is 0 Å². The minimum atomic E-state index is -0.880. The molecule has 3 rings (SSSR count). The molecule has 0 spiro atoms. The van der Waals surface area contributed by atoms with Crippen LogP contribution in [-0.4, -0.2) is 18.2 Å². The van der Waals surface area contributed by atoms with Crippen molar-refractivity contribution in [3.8, 4) is 17.2 Å². The molecule has 0 fully saturated rings. The SMILES string of the molecule is COc1cc(Cc2ccccc2)c(Oc2c(Br)cc(CC(=O)O)cc2Br)cc1C(C)C. The molecule has 0 amide bonds. The smallest absolute Gasteiger partial charge is 0.307 e. The number of hydrogen-bond donors (Lipinski definition) is 1. The van der Waals surface area contributed by atoms with Gasteiger partial charge in [0.25, 0.3) is 0 Å². The predicted octanol–water partition coefficient (Wildman–Crippen LogP) is 7.35. The highest BCUT2D eigenvalue weighted by molar-refractivity contribution is 9.11. The topological polar surface area (TPSA) is 55.8 Å². The first-order valence-electron chi connectivity index (χ1n) is 9.90. The molecule has 3 aromatic rings. The van der Waals surface area contributed by atoms with Crippen molar-refractivity contribution in [2.24, 2.45) is 0 Å². The molecule has 31 heavy (non-hydrogen) atoms. The van der Waals surface area contributed by atoms with Crippen molar-refractivity contribution in [1.29, 1.82) is 0 Å². The van der Waals surface area contributed by atoms with Crippen molar-refractivity contribution in [3.05, 3.63) is 85.8 Å². The van der Waals surface area contributed by atoms with Gasteiger partial charge in [0.1, 0.15) is 11.5 Å². The second-order valence-corrected chi connectivity index (χ2v) is 9.29. The number of rotatable bonds is 8. The summed E-state index contributed by atoms with van der Waals surface area (Å²) in [5.41, 5.74) is 3.91. The molecule has 1 N–H and O–H groups in total. The van der Waals surface area contributed by atoms with Crippen LogP contribution in [0, 0.1) is 0 Å². The highest BCUT2D eigenvalue weighted by atomic mass is 79.9. The number of carboxylic acids is 1. The number of carbonyl (C=O) groups is 1. The average Bonchev–Trinajstić information content (AvgIpc) is 2.71. The van der Waals surface area contributed by atoms with Gasteiger partial charge in [-0.1, -0.05) is 44.2 Å². The van der Waals surface area contributed by atoms with Gasteiger partial charge in [0.2, 0.25) is 0 Å². The van der Waals surface area contributed by atoms with E-state index in [0.717, 1.165) is 22.6 Å². The van der Waals surface area contributed by atoms with E-state index >= 15 is 0 Å². The lowest BCUT2D eigenvalue weighted by atomic mass is 9.96. The summed E-state index contributed by atoms with van der Waals surface area (Å²) < 4.78 is 13.4. The van der Waals surface area contributed by atoms with E-state index in [1.54, 1.807) is 19.2 Å². The molecule has 0 aromatic heterocycles. The zero-order chi connectivity index (χ0) is 22.5. The van der Waals surface area contributed by atoms with Gasteiger partial charge in [0, 0.05) is 17.5 Å². The van der Waals surface area contributed by atoms with E-state index in [9.17, 15) is 4.79 Å². The number of carboxylic acid groups (broad SMARTS) is 1. The fourth-order valence-electron chi connectivity index (χ4n) is 3.39. The Kier molecular flexibility index (Phi) is 7.79. The lowest BCUT2D eigenvalue weighted by Gasteiger charge is -2.19. The Hall–Kier alpha value is -2.31. The Labute approximate surface area is 199 Å². The third-order valence-electron chi connectivity index (χ3n) is 4.90. The molecule has 0 saturated heterocycles. The second-order valence-electron chi connectivity index (χ2n) is 7.58. The highest BCUT2D eigenvalue weighted by Crippen LogP contribution is 2.42. The van der Waals surface area contributed by atoms with Crippen molar-refractivity contribution < 1.29 is 19.4 Å². The fraction of sp³-hybridized carbons (Fsp3) is 0.240. The van der Waals surface area contributed by atoms with Gasteiger partial charge in [-0.25, -0.2) is 0 Å². The quantitative estimate of drug-likeness (QED) is 0.320. The van der Waals surface area contributed by atoms with Crippen LogP contribution in [0.5, 0.6) is 17.2 Å². The fourth-order valence-corrected chi connectivity index (χ4v) is 4.83. The van der Waals surface area contributed by atoms with Gasteiger partial charge in [-0.2, -0.15) is 0 Å². The zero-order valence-corrected chi connectivity index (χ0v) is 20.8. The van der Waals surface area contributed by atoms with E-state index in [0.29, 0.717) is 26.7 Å². The summed E-state index contributed by atoms with van der Waals surface area (Å²) in [4.78, 5) is 11.1. The van der Waals surface area contributed by atoms with Gasteiger partial charge in [-0.15, -0.1) is 0 Å². The van der Waals surface area contributed by atoms with Crippen molar-refractivity contribution in [2.75, 3.05) is 7.11 Å². The molecule has 0 saturated carbocycles. The van der Waals surface area contributed by atoms with Gasteiger partial charge in [-0.05, 0) is 73.2 Å². The molecule has 0 aliphatic rings. The molecule has 0 atom stereocenters. The first-order valence-corrected chi connectivity index (χ1v) is 11.5. The van der Waals surface area contributed by atoms with Crippen molar-refractivity contribution in [3.63, 3.8) is 0 Å². The van der Waals surface area contributed by atoms with Crippen molar-refractivity contribution in [2.45, 2.75) is 32.6 Å². The molecule has 0 bridgehead atoms. The molecule has 0 unspecified atom stereocenters. The Balaban J connectivity index is 2.06. The number of ether oxygens (including phenoxy) is 2. The van der Waals surface area contributed by atoms with Crippen molar-refractivity contribution in [1.82, 2.24) is 0 Å². The number of benzene rings is 3. The molecule has 0 radical (unpaired) electrons. The van der Waals surface area contributed by atoms with E-state index in [1.807, 2.05) is 30.3 Å². The molecule has 3 aromatic carbocycles. The van der Waals surface area contributed by atoms with Gasteiger partial charge in [-0.3, -0.25) is 4.79 Å². The van der Waals surface area contributed by atoms with Crippen LogP contribution in [-0.2, 0) is 17.6 Å². The van der Waals surface area contributed by atoms with Gasteiger partial charge >= 0.3 is 5.97 Å². The minimum absolute atomic E-state index is 0.0588. The van der Waals surface area contributed by atoms with Crippen LogP contribution < -0.4 is 9.47 Å². The highest BCUT2D eigenvalue weighted by Gasteiger charge is 2.18. The molecule has 0 aliphatic carbocycles. The third-order valence-corrected chi connectivity index (χ3v) is 6.08. The first kappa shape index (κ1) is 23.4. The maximum absolute atomic E-state index is 11.1. The first-order chi connectivity index (χ1) is 14.8. The van der Waals surface area contributed by atoms with Crippen LogP contribution >= 0.6 is 31.9 Å². The summed E-state index contributed by atoms with van der Waals surface area (Å²) in [6.07, 6.45) is 0.633. The van der Waals surface area contributed by atoms with Crippen LogP contribution in [0.3, 0.4) is 0 Å². The lowest BCUT2D eigenvalue weighted by molar-refractivity contribution is -0.136. The van der Waals surface area contributed by atoms with Gasteiger partial charge in [0.05, 0.1) is 22.5 Å². The number of halogens is 2. The number of aliphatic carboxylic acids is 1. The lowest BCUT2D eigenvalue weighted by Crippen LogP contribution is -2.02. The predicted molar refractivity (Wildman–Crippen MR) is 130 cm³/mol. The molecule has 6 heteroatoms.